The molecule has 0 saturated carbocycles. The molecule has 0 aromatic heterocycles. The number of ether oxygens (including phenoxy) is 5. The Morgan fingerprint density at radius 1 is 0.880 bits per heavy atom. The average Bonchev–Trinajstić information content (AvgIpc) is 3.00. The lowest BCUT2D eigenvalue weighted by molar-refractivity contribution is -0.232. The Bertz CT molecular complexity index is 512. The van der Waals surface area contributed by atoms with E-state index in [2.05, 4.69) is 33.9 Å². The molecular formula is C18H34O6Si. The van der Waals surface area contributed by atoms with Crippen LogP contribution in [-0.4, -0.2) is 57.2 Å². The van der Waals surface area contributed by atoms with Crippen LogP contribution in [0.2, 0.25) is 18.1 Å². The van der Waals surface area contributed by atoms with Crippen molar-refractivity contribution in [1.82, 2.24) is 0 Å². The molecule has 0 aromatic carbocycles. The molecule has 2 unspecified atom stereocenters. The SMILES string of the molecule is CC1(C)OCC([C@H]2OC(O[Si](C)(C)C(C)(C)C)[C@H]3OC(C)(C)O[C@@H]23)O1. The fourth-order valence-electron chi connectivity index (χ4n) is 3.33. The van der Waals surface area contributed by atoms with Crippen molar-refractivity contribution in [3.63, 3.8) is 0 Å². The molecule has 0 aromatic rings. The van der Waals surface area contributed by atoms with Crippen molar-refractivity contribution in [2.24, 2.45) is 0 Å². The van der Waals surface area contributed by atoms with Gasteiger partial charge in [-0.05, 0) is 45.8 Å². The fourth-order valence-corrected chi connectivity index (χ4v) is 4.45. The molecule has 3 rings (SSSR count). The third-order valence-corrected chi connectivity index (χ3v) is 10.1. The van der Waals surface area contributed by atoms with Gasteiger partial charge in [0.1, 0.15) is 24.4 Å². The first kappa shape index (κ1) is 19.7. The predicted octanol–water partition coefficient (Wildman–Crippen LogP) is 3.40. The summed E-state index contributed by atoms with van der Waals surface area (Å²) in [5.41, 5.74) is 0. The van der Waals surface area contributed by atoms with Crippen LogP contribution in [0, 0.1) is 0 Å². The Balaban J connectivity index is 1.79. The van der Waals surface area contributed by atoms with Crippen molar-refractivity contribution >= 4 is 8.32 Å². The highest BCUT2D eigenvalue weighted by atomic mass is 28.4. The molecule has 0 amide bonds. The van der Waals surface area contributed by atoms with Gasteiger partial charge < -0.3 is 28.1 Å². The van der Waals surface area contributed by atoms with Gasteiger partial charge in [0.15, 0.2) is 26.2 Å². The Morgan fingerprint density at radius 2 is 1.48 bits per heavy atom. The second-order valence-corrected chi connectivity index (χ2v) is 14.5. The van der Waals surface area contributed by atoms with Crippen LogP contribution >= 0.6 is 0 Å². The van der Waals surface area contributed by atoms with Crippen molar-refractivity contribution in [3.05, 3.63) is 0 Å². The van der Waals surface area contributed by atoms with Crippen LogP contribution in [0.1, 0.15) is 48.5 Å². The van der Waals surface area contributed by atoms with Crippen LogP contribution < -0.4 is 0 Å². The maximum absolute atomic E-state index is 6.53. The highest BCUT2D eigenvalue weighted by molar-refractivity contribution is 6.74. The predicted molar refractivity (Wildman–Crippen MR) is 95.7 cm³/mol. The van der Waals surface area contributed by atoms with Crippen LogP contribution in [-0.2, 0) is 28.1 Å². The third kappa shape index (κ3) is 3.83. The monoisotopic (exact) mass is 374 g/mol. The number of hydrogen-bond acceptors (Lipinski definition) is 6. The summed E-state index contributed by atoms with van der Waals surface area (Å²) in [5, 5.41) is 0.0912. The van der Waals surface area contributed by atoms with Crippen LogP contribution in [0.3, 0.4) is 0 Å². The highest BCUT2D eigenvalue weighted by Gasteiger charge is 2.60. The molecule has 3 aliphatic heterocycles. The molecule has 0 bridgehead atoms. The maximum atomic E-state index is 6.53. The molecule has 7 heteroatoms. The number of hydrogen-bond donors (Lipinski definition) is 0. The quantitative estimate of drug-likeness (QED) is 0.706. The van der Waals surface area contributed by atoms with E-state index in [9.17, 15) is 0 Å². The molecule has 6 nitrogen and oxygen atoms in total. The number of fused-ring (bicyclic) bond motifs is 1. The van der Waals surface area contributed by atoms with E-state index in [1.165, 1.54) is 0 Å². The highest BCUT2D eigenvalue weighted by Crippen LogP contribution is 2.45. The van der Waals surface area contributed by atoms with Gasteiger partial charge in [0.25, 0.3) is 0 Å². The average molecular weight is 375 g/mol. The van der Waals surface area contributed by atoms with Crippen LogP contribution in [0.5, 0.6) is 0 Å². The van der Waals surface area contributed by atoms with Gasteiger partial charge >= 0.3 is 0 Å². The van der Waals surface area contributed by atoms with E-state index in [1.807, 2.05) is 27.7 Å². The molecule has 0 radical (unpaired) electrons. The van der Waals surface area contributed by atoms with Crippen molar-refractivity contribution in [3.8, 4) is 0 Å². The first-order valence-corrected chi connectivity index (χ1v) is 12.1. The van der Waals surface area contributed by atoms with E-state index in [0.717, 1.165) is 0 Å². The smallest absolute Gasteiger partial charge is 0.195 e. The zero-order chi connectivity index (χ0) is 18.8. The molecule has 0 N–H and O–H groups in total. The minimum atomic E-state index is -2.01. The van der Waals surface area contributed by atoms with Crippen LogP contribution in [0.25, 0.3) is 0 Å². The van der Waals surface area contributed by atoms with E-state index in [4.69, 9.17) is 28.1 Å². The Morgan fingerprint density at radius 3 is 2.00 bits per heavy atom. The fraction of sp³-hybridized carbons (Fsp3) is 1.00. The molecule has 3 fully saturated rings. The molecule has 0 spiro atoms. The van der Waals surface area contributed by atoms with Gasteiger partial charge in [0, 0.05) is 0 Å². The summed E-state index contributed by atoms with van der Waals surface area (Å²) >= 11 is 0. The van der Waals surface area contributed by atoms with E-state index >= 15 is 0 Å². The second-order valence-electron chi connectivity index (χ2n) is 9.78. The molecule has 146 valence electrons. The van der Waals surface area contributed by atoms with Crippen LogP contribution in [0.15, 0.2) is 0 Å². The largest absolute Gasteiger partial charge is 0.390 e. The van der Waals surface area contributed by atoms with Crippen LogP contribution in [0.4, 0.5) is 0 Å². The summed E-state index contributed by atoms with van der Waals surface area (Å²) < 4.78 is 36.9. The topological polar surface area (TPSA) is 55.4 Å². The molecule has 3 heterocycles. The second kappa shape index (κ2) is 5.99. The van der Waals surface area contributed by atoms with Gasteiger partial charge in [0.05, 0.1) is 6.61 Å². The molecule has 3 aliphatic rings. The van der Waals surface area contributed by atoms with Crippen molar-refractivity contribution in [2.75, 3.05) is 6.61 Å². The van der Waals surface area contributed by atoms with Gasteiger partial charge in [-0.1, -0.05) is 20.8 Å². The Labute approximate surface area is 152 Å². The van der Waals surface area contributed by atoms with Gasteiger partial charge in [0.2, 0.25) is 0 Å². The van der Waals surface area contributed by atoms with Crippen molar-refractivity contribution in [1.29, 1.82) is 0 Å². The summed E-state index contributed by atoms with van der Waals surface area (Å²) in [4.78, 5) is 0. The Kier molecular flexibility index (Phi) is 4.73. The minimum Gasteiger partial charge on any atom is -0.390 e. The zero-order valence-electron chi connectivity index (χ0n) is 17.0. The lowest BCUT2D eigenvalue weighted by atomic mass is 10.1. The van der Waals surface area contributed by atoms with E-state index in [1.54, 1.807) is 0 Å². The summed E-state index contributed by atoms with van der Waals surface area (Å²) in [6, 6.07) is 0. The lowest BCUT2D eigenvalue weighted by Crippen LogP contribution is -2.47. The first-order valence-electron chi connectivity index (χ1n) is 9.22. The molecule has 25 heavy (non-hydrogen) atoms. The van der Waals surface area contributed by atoms with E-state index in [-0.39, 0.29) is 29.5 Å². The number of rotatable bonds is 3. The summed E-state index contributed by atoms with van der Waals surface area (Å²) in [6.07, 6.45) is -1.35. The molecule has 3 saturated heterocycles. The summed E-state index contributed by atoms with van der Waals surface area (Å²) in [6.45, 7) is 19.3. The molecule has 0 aliphatic carbocycles. The molecular weight excluding hydrogens is 340 g/mol. The third-order valence-electron chi connectivity index (χ3n) is 5.66. The maximum Gasteiger partial charge on any atom is 0.195 e. The van der Waals surface area contributed by atoms with E-state index in [0.29, 0.717) is 6.61 Å². The van der Waals surface area contributed by atoms with Gasteiger partial charge in [-0.3, -0.25) is 0 Å². The summed E-state index contributed by atoms with van der Waals surface area (Å²) in [7, 11) is -2.01. The lowest BCUT2D eigenvalue weighted by Gasteiger charge is -2.39. The first-order chi connectivity index (χ1) is 11.2. The Hall–Kier alpha value is -0.0231. The molecule has 5 atom stereocenters. The normalized spacial score (nSPS) is 40.4. The van der Waals surface area contributed by atoms with Gasteiger partial charge in [-0.15, -0.1) is 0 Å². The van der Waals surface area contributed by atoms with Crippen molar-refractivity contribution < 1.29 is 28.1 Å². The van der Waals surface area contributed by atoms with Gasteiger partial charge in [-0.2, -0.15) is 0 Å². The van der Waals surface area contributed by atoms with Crippen molar-refractivity contribution in [2.45, 2.75) is 109 Å². The van der Waals surface area contributed by atoms with Gasteiger partial charge in [-0.25, -0.2) is 0 Å². The zero-order valence-corrected chi connectivity index (χ0v) is 18.0. The van der Waals surface area contributed by atoms with E-state index < -0.39 is 26.2 Å². The minimum absolute atomic E-state index is 0.0912. The standard InChI is InChI=1S/C18H34O6Si/c1-16(2,3)25(8,9)24-15-14-13(22-18(6,7)23-14)12(20-15)11-10-19-17(4,5)21-11/h11-15H,10H2,1-9H3/t11?,12-,13+,14+,15?/m1/s1. The summed E-state index contributed by atoms with van der Waals surface area (Å²) in [5.74, 6) is -1.25.